The van der Waals surface area contributed by atoms with Gasteiger partial charge in [-0.3, -0.25) is 4.79 Å². The summed E-state index contributed by atoms with van der Waals surface area (Å²) in [4.78, 5) is 22.3. The predicted molar refractivity (Wildman–Crippen MR) is 80.8 cm³/mol. The third-order valence-corrected chi connectivity index (χ3v) is 4.03. The third-order valence-electron chi connectivity index (χ3n) is 3.40. The average Bonchev–Trinajstić information content (AvgIpc) is 3.14. The first-order chi connectivity index (χ1) is 9.94. The molecule has 1 aliphatic carbocycles. The summed E-state index contributed by atoms with van der Waals surface area (Å²) in [6.07, 6.45) is 1.97. The summed E-state index contributed by atoms with van der Waals surface area (Å²) in [7, 11) is 0. The van der Waals surface area contributed by atoms with Crippen molar-refractivity contribution >= 4 is 35.2 Å². The highest BCUT2D eigenvalue weighted by molar-refractivity contribution is 6.36. The van der Waals surface area contributed by atoms with Gasteiger partial charge >= 0.3 is 12.0 Å². The lowest BCUT2D eigenvalue weighted by molar-refractivity contribution is -0.137. The van der Waals surface area contributed by atoms with Crippen molar-refractivity contribution in [3.8, 4) is 0 Å². The summed E-state index contributed by atoms with van der Waals surface area (Å²) >= 11 is 12.4. The molecule has 1 aromatic carbocycles. The van der Waals surface area contributed by atoms with E-state index < -0.39 is 11.5 Å². The molecule has 3 N–H and O–H groups in total. The zero-order chi connectivity index (χ0) is 15.5. The molecule has 0 aliphatic heterocycles. The predicted octanol–water partition coefficient (Wildman–Crippen LogP) is 3.15. The van der Waals surface area contributed by atoms with Crippen molar-refractivity contribution < 1.29 is 14.7 Å². The van der Waals surface area contributed by atoms with Crippen LogP contribution in [0.5, 0.6) is 0 Å². The van der Waals surface area contributed by atoms with E-state index in [0.29, 0.717) is 23.0 Å². The van der Waals surface area contributed by atoms with Gasteiger partial charge in [0.1, 0.15) is 0 Å². The summed E-state index contributed by atoms with van der Waals surface area (Å²) in [5, 5.41) is 15.1. The van der Waals surface area contributed by atoms with E-state index in [1.54, 1.807) is 18.2 Å². The summed E-state index contributed by atoms with van der Waals surface area (Å²) < 4.78 is 0. The Bertz CT molecular complexity index is 539. The van der Waals surface area contributed by atoms with Crippen molar-refractivity contribution in [2.75, 3.05) is 6.54 Å². The number of benzene rings is 1. The first kappa shape index (κ1) is 15.9. The van der Waals surface area contributed by atoms with Crippen LogP contribution in [0.15, 0.2) is 18.2 Å². The number of aliphatic carboxylic acids is 1. The molecule has 0 atom stereocenters. The third kappa shape index (κ3) is 4.02. The Morgan fingerprint density at radius 1 is 1.24 bits per heavy atom. The standard InChI is InChI=1S/C14H16Cl2N2O3/c15-9-3-1-4-10(16)12(9)14(6-7-14)18-13(21)17-8-2-5-11(19)20/h1,3-4H,2,5-8H2,(H,19,20)(H2,17,18,21). The van der Waals surface area contributed by atoms with Gasteiger partial charge in [-0.1, -0.05) is 29.3 Å². The number of amides is 2. The van der Waals surface area contributed by atoms with E-state index in [2.05, 4.69) is 10.6 Å². The van der Waals surface area contributed by atoms with Gasteiger partial charge in [-0.25, -0.2) is 4.79 Å². The van der Waals surface area contributed by atoms with E-state index in [0.717, 1.165) is 18.4 Å². The number of nitrogens with one attached hydrogen (secondary N) is 2. The first-order valence-corrected chi connectivity index (χ1v) is 7.42. The molecule has 0 spiro atoms. The number of carbonyl (C=O) groups is 2. The number of carbonyl (C=O) groups excluding carboxylic acids is 1. The first-order valence-electron chi connectivity index (χ1n) is 6.67. The maximum Gasteiger partial charge on any atom is 0.315 e. The minimum atomic E-state index is -0.876. The van der Waals surface area contributed by atoms with Crippen LogP contribution in [-0.2, 0) is 10.3 Å². The monoisotopic (exact) mass is 330 g/mol. The zero-order valence-electron chi connectivity index (χ0n) is 11.3. The molecule has 21 heavy (non-hydrogen) atoms. The maximum absolute atomic E-state index is 11.9. The van der Waals surface area contributed by atoms with Gasteiger partial charge in [0, 0.05) is 28.6 Å². The number of hydrogen-bond acceptors (Lipinski definition) is 2. The zero-order valence-corrected chi connectivity index (χ0v) is 12.8. The lowest BCUT2D eigenvalue weighted by Crippen LogP contribution is -2.42. The van der Waals surface area contributed by atoms with Crippen LogP contribution in [0.3, 0.4) is 0 Å². The van der Waals surface area contributed by atoms with E-state index in [1.807, 2.05) is 0 Å². The molecule has 1 aliphatic rings. The van der Waals surface area contributed by atoms with Crippen LogP contribution in [0.2, 0.25) is 10.0 Å². The minimum absolute atomic E-state index is 0.0295. The Hall–Kier alpha value is -1.46. The molecule has 5 nitrogen and oxygen atoms in total. The number of rotatable bonds is 6. The summed E-state index contributed by atoms with van der Waals surface area (Å²) in [6.45, 7) is 0.310. The van der Waals surface area contributed by atoms with Crippen LogP contribution in [0.4, 0.5) is 4.79 Å². The summed E-state index contributed by atoms with van der Waals surface area (Å²) in [5.41, 5.74) is 0.237. The summed E-state index contributed by atoms with van der Waals surface area (Å²) in [6, 6.07) is 4.91. The molecule has 1 aromatic rings. The highest BCUT2D eigenvalue weighted by Crippen LogP contribution is 2.50. The molecule has 0 bridgehead atoms. The molecule has 114 valence electrons. The largest absolute Gasteiger partial charge is 0.481 e. The van der Waals surface area contributed by atoms with E-state index in [1.165, 1.54) is 0 Å². The highest BCUT2D eigenvalue weighted by atomic mass is 35.5. The molecule has 2 rings (SSSR count). The van der Waals surface area contributed by atoms with Crippen molar-refractivity contribution in [1.82, 2.24) is 10.6 Å². The van der Waals surface area contributed by atoms with Crippen LogP contribution in [-0.4, -0.2) is 23.7 Å². The van der Waals surface area contributed by atoms with Gasteiger partial charge in [-0.15, -0.1) is 0 Å². The quantitative estimate of drug-likeness (QED) is 0.701. The molecule has 0 aromatic heterocycles. The number of halogens is 2. The van der Waals surface area contributed by atoms with Gasteiger partial charge in [0.15, 0.2) is 0 Å². The molecule has 0 unspecified atom stereocenters. The topological polar surface area (TPSA) is 78.4 Å². The Labute approximate surface area is 132 Å². The number of urea groups is 1. The Morgan fingerprint density at radius 2 is 1.86 bits per heavy atom. The van der Waals surface area contributed by atoms with Crippen LogP contribution < -0.4 is 10.6 Å². The van der Waals surface area contributed by atoms with Gasteiger partial charge in [0.25, 0.3) is 0 Å². The fourth-order valence-corrected chi connectivity index (χ4v) is 2.98. The van der Waals surface area contributed by atoms with Crippen LogP contribution >= 0.6 is 23.2 Å². The van der Waals surface area contributed by atoms with E-state index in [4.69, 9.17) is 28.3 Å². The van der Waals surface area contributed by atoms with E-state index >= 15 is 0 Å². The van der Waals surface area contributed by atoms with Gasteiger partial charge in [0.2, 0.25) is 0 Å². The number of hydrogen-bond donors (Lipinski definition) is 3. The van der Waals surface area contributed by atoms with Gasteiger partial charge in [0.05, 0.1) is 5.54 Å². The Morgan fingerprint density at radius 3 is 2.38 bits per heavy atom. The average molecular weight is 331 g/mol. The van der Waals surface area contributed by atoms with Crippen LogP contribution in [0.1, 0.15) is 31.2 Å². The molecule has 7 heteroatoms. The van der Waals surface area contributed by atoms with E-state index in [9.17, 15) is 9.59 Å². The molecule has 1 saturated carbocycles. The molecule has 1 fully saturated rings. The second kappa shape index (κ2) is 6.54. The molecule has 0 heterocycles. The van der Waals surface area contributed by atoms with Crippen molar-refractivity contribution in [3.63, 3.8) is 0 Å². The fourth-order valence-electron chi connectivity index (χ4n) is 2.22. The minimum Gasteiger partial charge on any atom is -0.481 e. The van der Waals surface area contributed by atoms with Crippen molar-refractivity contribution in [1.29, 1.82) is 0 Å². The number of carboxylic acids is 1. The van der Waals surface area contributed by atoms with Gasteiger partial charge in [-0.05, 0) is 31.4 Å². The van der Waals surface area contributed by atoms with Crippen molar-refractivity contribution in [2.24, 2.45) is 0 Å². The molecular formula is C14H16Cl2N2O3. The van der Waals surface area contributed by atoms with Crippen molar-refractivity contribution in [2.45, 2.75) is 31.2 Å². The molecular weight excluding hydrogens is 315 g/mol. The van der Waals surface area contributed by atoms with Gasteiger partial charge in [-0.2, -0.15) is 0 Å². The highest BCUT2D eigenvalue weighted by Gasteiger charge is 2.48. The molecule has 0 radical (unpaired) electrons. The Balaban J connectivity index is 1.93. The maximum atomic E-state index is 11.9. The molecule has 2 amide bonds. The second-order valence-corrected chi connectivity index (χ2v) is 5.87. The van der Waals surface area contributed by atoms with Crippen LogP contribution in [0, 0.1) is 0 Å². The number of carboxylic acid groups (broad SMARTS) is 1. The second-order valence-electron chi connectivity index (χ2n) is 5.06. The fraction of sp³-hybridized carbons (Fsp3) is 0.429. The van der Waals surface area contributed by atoms with Crippen LogP contribution in [0.25, 0.3) is 0 Å². The van der Waals surface area contributed by atoms with Gasteiger partial charge < -0.3 is 15.7 Å². The molecule has 0 saturated heterocycles. The Kier molecular flexibility index (Phi) is 4.96. The van der Waals surface area contributed by atoms with Crippen molar-refractivity contribution in [3.05, 3.63) is 33.8 Å². The lowest BCUT2D eigenvalue weighted by atomic mass is 10.0. The normalized spacial score (nSPS) is 15.3. The smallest absolute Gasteiger partial charge is 0.315 e. The lowest BCUT2D eigenvalue weighted by Gasteiger charge is -2.21. The summed E-state index contributed by atoms with van der Waals surface area (Å²) in [5.74, 6) is -0.876. The SMILES string of the molecule is O=C(O)CCCNC(=O)NC1(c2c(Cl)cccc2Cl)CC1. The van der Waals surface area contributed by atoms with E-state index in [-0.39, 0.29) is 12.5 Å².